The minimum Gasteiger partial charge on any atom is -0.337 e. The van der Waals surface area contributed by atoms with Gasteiger partial charge in [0.2, 0.25) is 0 Å². The third-order valence-electron chi connectivity index (χ3n) is 5.14. The predicted octanol–water partition coefficient (Wildman–Crippen LogP) is 3.95. The zero-order valence-corrected chi connectivity index (χ0v) is 18.2. The Morgan fingerprint density at radius 3 is 2.40 bits per heavy atom. The molecule has 1 amide bonds. The van der Waals surface area contributed by atoms with Crippen LogP contribution in [0.5, 0.6) is 0 Å². The highest BCUT2D eigenvalue weighted by Crippen LogP contribution is 2.19. The zero-order chi connectivity index (χ0) is 21.3. The van der Waals surface area contributed by atoms with E-state index < -0.39 is 0 Å². The number of benzene rings is 2. The Morgan fingerprint density at radius 1 is 0.933 bits per heavy atom. The van der Waals surface area contributed by atoms with Crippen LogP contribution in [-0.2, 0) is 6.54 Å². The first-order valence-corrected chi connectivity index (χ1v) is 10.7. The molecule has 3 aromatic rings. The van der Waals surface area contributed by atoms with E-state index in [1.54, 1.807) is 12.4 Å². The Balaban J connectivity index is 0.00000124. The maximum Gasteiger partial charge on any atom is 0.256 e. The smallest absolute Gasteiger partial charge is 0.256 e. The summed E-state index contributed by atoms with van der Waals surface area (Å²) in [6.07, 6.45) is 4.22. The molecule has 1 saturated heterocycles. The second-order valence-corrected chi connectivity index (χ2v) is 7.25. The molecule has 1 aliphatic rings. The summed E-state index contributed by atoms with van der Waals surface area (Å²) in [6.45, 7) is 10.3. The second-order valence-electron chi connectivity index (χ2n) is 7.25. The van der Waals surface area contributed by atoms with Crippen molar-refractivity contribution in [3.63, 3.8) is 0 Å². The van der Waals surface area contributed by atoms with Crippen molar-refractivity contribution in [2.45, 2.75) is 33.7 Å². The van der Waals surface area contributed by atoms with Gasteiger partial charge in [-0.15, -0.1) is 0 Å². The van der Waals surface area contributed by atoms with E-state index >= 15 is 0 Å². The Bertz CT molecular complexity index is 924. The number of hydrogen-bond acceptors (Lipinski definition) is 4. The fourth-order valence-corrected chi connectivity index (χ4v) is 3.68. The van der Waals surface area contributed by atoms with Crippen LogP contribution in [0.3, 0.4) is 0 Å². The molecule has 0 aliphatic carbocycles. The van der Waals surface area contributed by atoms with Gasteiger partial charge in [-0.1, -0.05) is 55.8 Å². The normalized spacial score (nSPS) is 14.6. The maximum atomic E-state index is 13.3. The minimum atomic E-state index is 0.0533. The molecule has 2 heterocycles. The molecule has 0 bridgehead atoms. The first-order chi connectivity index (χ1) is 14.7. The lowest BCUT2D eigenvalue weighted by atomic mass is 10.1. The number of aromatic nitrogens is 3. The molecule has 6 nitrogen and oxygen atoms in total. The Kier molecular flexibility index (Phi) is 7.74. The van der Waals surface area contributed by atoms with E-state index in [1.165, 1.54) is 10.4 Å². The summed E-state index contributed by atoms with van der Waals surface area (Å²) in [5.74, 6) is 0.0533. The molecule has 30 heavy (non-hydrogen) atoms. The van der Waals surface area contributed by atoms with Gasteiger partial charge < -0.3 is 4.90 Å². The third-order valence-corrected chi connectivity index (χ3v) is 5.14. The van der Waals surface area contributed by atoms with Crippen LogP contribution in [0.1, 0.15) is 41.8 Å². The van der Waals surface area contributed by atoms with Crippen LogP contribution >= 0.6 is 0 Å². The summed E-state index contributed by atoms with van der Waals surface area (Å²) >= 11 is 0. The quantitative estimate of drug-likeness (QED) is 0.660. The summed E-state index contributed by atoms with van der Waals surface area (Å²) in [5, 5.41) is 8.42. The molecule has 0 spiro atoms. The summed E-state index contributed by atoms with van der Waals surface area (Å²) in [7, 11) is 0. The van der Waals surface area contributed by atoms with Crippen molar-refractivity contribution in [2.24, 2.45) is 0 Å². The van der Waals surface area contributed by atoms with Gasteiger partial charge in [-0.05, 0) is 31.0 Å². The number of carbonyl (C=O) groups is 1. The van der Waals surface area contributed by atoms with E-state index in [0.717, 1.165) is 50.4 Å². The molecule has 6 heteroatoms. The van der Waals surface area contributed by atoms with Crippen molar-refractivity contribution in [2.75, 3.05) is 26.2 Å². The van der Waals surface area contributed by atoms with E-state index in [4.69, 9.17) is 0 Å². The Hall–Kier alpha value is -2.99. The first kappa shape index (κ1) is 21.7. The average molecular weight is 406 g/mol. The average Bonchev–Trinajstić information content (AvgIpc) is 3.22. The summed E-state index contributed by atoms with van der Waals surface area (Å²) < 4.78 is 0. The van der Waals surface area contributed by atoms with Crippen LogP contribution in [0, 0.1) is 6.92 Å². The van der Waals surface area contributed by atoms with Crippen molar-refractivity contribution >= 4 is 5.91 Å². The van der Waals surface area contributed by atoms with Crippen LogP contribution in [-0.4, -0.2) is 56.9 Å². The number of hydrogen-bond donors (Lipinski definition) is 0. The van der Waals surface area contributed by atoms with E-state index in [2.05, 4.69) is 39.4 Å². The van der Waals surface area contributed by atoms with Crippen LogP contribution in [0.25, 0.3) is 5.69 Å². The minimum absolute atomic E-state index is 0.0533. The molecule has 0 radical (unpaired) electrons. The molecule has 0 saturated carbocycles. The molecular weight excluding hydrogens is 374 g/mol. The summed E-state index contributed by atoms with van der Waals surface area (Å²) in [6, 6.07) is 16.3. The molecule has 158 valence electrons. The van der Waals surface area contributed by atoms with Crippen LogP contribution < -0.4 is 0 Å². The number of aryl methyl sites for hydroxylation is 1. The molecule has 4 rings (SSSR count). The molecular formula is C24H31N5O. The molecule has 1 aromatic heterocycles. The van der Waals surface area contributed by atoms with Gasteiger partial charge in [0.05, 0.1) is 23.6 Å². The summed E-state index contributed by atoms with van der Waals surface area (Å²) in [5.41, 5.74) is 3.76. The fourth-order valence-electron chi connectivity index (χ4n) is 3.68. The van der Waals surface area contributed by atoms with Gasteiger partial charge in [0, 0.05) is 32.7 Å². The first-order valence-electron chi connectivity index (χ1n) is 10.7. The van der Waals surface area contributed by atoms with Crippen LogP contribution in [0.15, 0.2) is 60.9 Å². The van der Waals surface area contributed by atoms with E-state index in [0.29, 0.717) is 5.56 Å². The highest BCUT2D eigenvalue weighted by Gasteiger charge is 2.23. The van der Waals surface area contributed by atoms with Gasteiger partial charge in [0.1, 0.15) is 0 Å². The third kappa shape index (κ3) is 5.33. The van der Waals surface area contributed by atoms with Crippen molar-refractivity contribution in [1.82, 2.24) is 24.8 Å². The predicted molar refractivity (Wildman–Crippen MR) is 120 cm³/mol. The number of nitrogens with zero attached hydrogens (tertiary/aromatic N) is 5. The maximum absolute atomic E-state index is 13.3. The van der Waals surface area contributed by atoms with Gasteiger partial charge in [-0.2, -0.15) is 15.0 Å². The van der Waals surface area contributed by atoms with Crippen molar-refractivity contribution in [3.8, 4) is 5.69 Å². The standard InChI is InChI=1S/C22H25N5O.C2H6/c1-18-8-9-21(27-23-10-11-24-27)20(16-18)22(28)26-13-5-12-25(14-15-26)17-19-6-3-2-4-7-19;1-2/h2-4,6-11,16H,5,12-15,17H2,1H3;1-2H3. The lowest BCUT2D eigenvalue weighted by Crippen LogP contribution is -2.35. The lowest BCUT2D eigenvalue weighted by Gasteiger charge is -2.23. The molecule has 2 aromatic carbocycles. The number of rotatable bonds is 4. The number of carbonyl (C=O) groups excluding carboxylic acids is 1. The summed E-state index contributed by atoms with van der Waals surface area (Å²) in [4.78, 5) is 19.2. The molecule has 0 unspecified atom stereocenters. The van der Waals surface area contributed by atoms with Crippen molar-refractivity contribution in [3.05, 3.63) is 77.6 Å². The molecule has 0 atom stereocenters. The molecule has 1 fully saturated rings. The van der Waals surface area contributed by atoms with Crippen molar-refractivity contribution < 1.29 is 4.79 Å². The van der Waals surface area contributed by atoms with Gasteiger partial charge >= 0.3 is 0 Å². The van der Waals surface area contributed by atoms with Gasteiger partial charge in [0.15, 0.2) is 0 Å². The second kappa shape index (κ2) is 10.7. The van der Waals surface area contributed by atoms with E-state index in [1.807, 2.05) is 49.9 Å². The lowest BCUT2D eigenvalue weighted by molar-refractivity contribution is 0.0760. The zero-order valence-electron chi connectivity index (χ0n) is 18.2. The highest BCUT2D eigenvalue weighted by molar-refractivity contribution is 5.98. The Labute approximate surface area is 179 Å². The number of amides is 1. The van der Waals surface area contributed by atoms with Gasteiger partial charge in [-0.3, -0.25) is 9.69 Å². The van der Waals surface area contributed by atoms with Gasteiger partial charge in [0.25, 0.3) is 5.91 Å². The molecule has 1 aliphatic heterocycles. The topological polar surface area (TPSA) is 54.3 Å². The van der Waals surface area contributed by atoms with Crippen LogP contribution in [0.2, 0.25) is 0 Å². The fraction of sp³-hybridized carbons (Fsp3) is 0.375. The van der Waals surface area contributed by atoms with E-state index in [9.17, 15) is 4.79 Å². The SMILES string of the molecule is CC.Cc1ccc(-n2nccn2)c(C(=O)N2CCCN(Cc3ccccc3)CC2)c1. The van der Waals surface area contributed by atoms with Crippen LogP contribution in [0.4, 0.5) is 0 Å². The van der Waals surface area contributed by atoms with E-state index in [-0.39, 0.29) is 5.91 Å². The highest BCUT2D eigenvalue weighted by atomic mass is 16.2. The largest absolute Gasteiger partial charge is 0.337 e. The monoisotopic (exact) mass is 405 g/mol. The Morgan fingerprint density at radius 2 is 1.67 bits per heavy atom. The van der Waals surface area contributed by atoms with Crippen molar-refractivity contribution in [1.29, 1.82) is 0 Å². The van der Waals surface area contributed by atoms with Gasteiger partial charge in [-0.25, -0.2) is 0 Å². The molecule has 0 N–H and O–H groups in total.